The third-order valence-corrected chi connectivity index (χ3v) is 2.16. The summed E-state index contributed by atoms with van der Waals surface area (Å²) in [6.45, 7) is 6.23. The summed E-state index contributed by atoms with van der Waals surface area (Å²) in [5.74, 6) is -0.192. The first-order valence-electron chi connectivity index (χ1n) is 4.86. The van der Waals surface area contributed by atoms with Gasteiger partial charge in [0.05, 0.1) is 11.5 Å². The average molecular weight is 197 g/mol. The molecule has 0 spiro atoms. The third-order valence-electron chi connectivity index (χ3n) is 2.16. The van der Waals surface area contributed by atoms with E-state index in [1.165, 1.54) is 0 Å². The van der Waals surface area contributed by atoms with Crippen LogP contribution in [0.1, 0.15) is 27.2 Å². The molecule has 4 nitrogen and oxygen atoms in total. The van der Waals surface area contributed by atoms with Crippen LogP contribution in [0.25, 0.3) is 0 Å². The lowest BCUT2D eigenvalue weighted by atomic mass is 9.95. The smallest absolute Gasteiger partial charge is 0.224 e. The van der Waals surface area contributed by atoms with E-state index in [1.54, 1.807) is 13.8 Å². The minimum Gasteiger partial charge on any atom is -0.354 e. The molecule has 0 saturated carbocycles. The Hall–Kier alpha value is -1.08. The molecule has 0 aromatic rings. The molecule has 3 N–H and O–H groups in total. The average Bonchev–Trinajstić information content (AvgIpc) is 2.17. The van der Waals surface area contributed by atoms with Crippen LogP contribution in [0.3, 0.4) is 0 Å². The van der Waals surface area contributed by atoms with E-state index >= 15 is 0 Å². The summed E-state index contributed by atoms with van der Waals surface area (Å²) in [4.78, 5) is 11.5. The van der Waals surface area contributed by atoms with Crippen LogP contribution in [0.2, 0.25) is 0 Å². The fraction of sp³-hybridized carbons (Fsp3) is 0.800. The number of hydrogen-bond acceptors (Lipinski definition) is 3. The first-order valence-corrected chi connectivity index (χ1v) is 4.86. The zero-order chi connectivity index (χ0) is 11.2. The maximum atomic E-state index is 11.5. The van der Waals surface area contributed by atoms with Gasteiger partial charge in [0.2, 0.25) is 5.91 Å². The number of rotatable bonds is 5. The highest BCUT2D eigenvalue weighted by Crippen LogP contribution is 2.11. The van der Waals surface area contributed by atoms with Gasteiger partial charge in [0.1, 0.15) is 0 Å². The van der Waals surface area contributed by atoms with Gasteiger partial charge in [0.25, 0.3) is 0 Å². The highest BCUT2D eigenvalue weighted by molar-refractivity contribution is 5.78. The summed E-state index contributed by atoms with van der Waals surface area (Å²) in [6.07, 6.45) is 0.731. The van der Waals surface area contributed by atoms with Gasteiger partial charge in [0.15, 0.2) is 0 Å². The standard InChI is InChI=1S/C10H19N3O/c1-4-8(5-11)9(14)13-7-10(2,3)6-12/h8H,4-5,7,11H2,1-3H3,(H,13,14). The lowest BCUT2D eigenvalue weighted by Crippen LogP contribution is -2.39. The number of nitrogens with zero attached hydrogens (tertiary/aromatic N) is 1. The molecule has 0 saturated heterocycles. The number of carbonyl (C=O) groups excluding carboxylic acids is 1. The minimum atomic E-state index is -0.511. The normalized spacial score (nSPS) is 13.1. The molecule has 80 valence electrons. The molecule has 0 aromatic heterocycles. The number of nitriles is 1. The van der Waals surface area contributed by atoms with Crippen molar-refractivity contribution in [3.8, 4) is 6.07 Å². The highest BCUT2D eigenvalue weighted by atomic mass is 16.1. The Bertz CT molecular complexity index is 226. The first-order chi connectivity index (χ1) is 6.46. The summed E-state index contributed by atoms with van der Waals surface area (Å²) in [6, 6.07) is 2.13. The molecule has 0 aromatic carbocycles. The SMILES string of the molecule is CCC(CN)C(=O)NCC(C)(C)C#N. The van der Waals surface area contributed by atoms with Crippen LogP contribution in [-0.2, 0) is 4.79 Å². The first kappa shape index (κ1) is 12.9. The van der Waals surface area contributed by atoms with Gasteiger partial charge in [-0.3, -0.25) is 4.79 Å². The van der Waals surface area contributed by atoms with Crippen LogP contribution >= 0.6 is 0 Å². The third kappa shape index (κ3) is 4.24. The lowest BCUT2D eigenvalue weighted by molar-refractivity contribution is -0.125. The fourth-order valence-electron chi connectivity index (χ4n) is 0.951. The van der Waals surface area contributed by atoms with Crippen molar-refractivity contribution >= 4 is 5.91 Å². The van der Waals surface area contributed by atoms with E-state index in [1.807, 2.05) is 6.92 Å². The summed E-state index contributed by atoms with van der Waals surface area (Å²) in [7, 11) is 0. The van der Waals surface area contributed by atoms with E-state index in [4.69, 9.17) is 11.0 Å². The van der Waals surface area contributed by atoms with Crippen molar-refractivity contribution < 1.29 is 4.79 Å². The summed E-state index contributed by atoms with van der Waals surface area (Å²) in [5, 5.41) is 11.5. The molecule has 0 rings (SSSR count). The van der Waals surface area contributed by atoms with E-state index in [2.05, 4.69) is 11.4 Å². The molecule has 1 atom stereocenters. The Morgan fingerprint density at radius 2 is 2.21 bits per heavy atom. The van der Waals surface area contributed by atoms with Crippen molar-refractivity contribution in [2.24, 2.45) is 17.1 Å². The molecule has 0 aliphatic rings. The molecule has 4 heteroatoms. The van der Waals surface area contributed by atoms with E-state index in [-0.39, 0.29) is 11.8 Å². The monoisotopic (exact) mass is 197 g/mol. The second kappa shape index (κ2) is 5.61. The van der Waals surface area contributed by atoms with Gasteiger partial charge in [-0.05, 0) is 20.3 Å². The summed E-state index contributed by atoms with van der Waals surface area (Å²) in [5.41, 5.74) is 4.92. The van der Waals surface area contributed by atoms with Gasteiger partial charge in [-0.15, -0.1) is 0 Å². The molecule has 1 unspecified atom stereocenters. The zero-order valence-electron chi connectivity index (χ0n) is 9.13. The molecule has 14 heavy (non-hydrogen) atoms. The fourth-order valence-corrected chi connectivity index (χ4v) is 0.951. The van der Waals surface area contributed by atoms with Gasteiger partial charge in [0, 0.05) is 19.0 Å². The predicted octanol–water partition coefficient (Wildman–Crippen LogP) is 0.637. The Morgan fingerprint density at radius 3 is 2.57 bits per heavy atom. The molecule has 0 heterocycles. The largest absolute Gasteiger partial charge is 0.354 e. The van der Waals surface area contributed by atoms with E-state index in [0.717, 1.165) is 6.42 Å². The van der Waals surface area contributed by atoms with E-state index in [9.17, 15) is 4.79 Å². The molecule has 1 amide bonds. The van der Waals surface area contributed by atoms with Gasteiger partial charge in [-0.1, -0.05) is 6.92 Å². The van der Waals surface area contributed by atoms with Crippen molar-refractivity contribution in [1.82, 2.24) is 5.32 Å². The Morgan fingerprint density at radius 1 is 1.64 bits per heavy atom. The number of amides is 1. The van der Waals surface area contributed by atoms with Gasteiger partial charge >= 0.3 is 0 Å². The zero-order valence-corrected chi connectivity index (χ0v) is 9.13. The molecule has 0 fully saturated rings. The molecule has 0 bridgehead atoms. The maximum absolute atomic E-state index is 11.5. The van der Waals surface area contributed by atoms with Crippen LogP contribution in [0.4, 0.5) is 0 Å². The lowest BCUT2D eigenvalue weighted by Gasteiger charge is -2.18. The Labute approximate surface area is 85.5 Å². The maximum Gasteiger partial charge on any atom is 0.224 e. The molecular formula is C10H19N3O. The summed E-state index contributed by atoms with van der Waals surface area (Å²) >= 11 is 0. The topological polar surface area (TPSA) is 78.9 Å². The second-order valence-corrected chi connectivity index (χ2v) is 4.05. The number of nitrogens with one attached hydrogen (secondary N) is 1. The highest BCUT2D eigenvalue weighted by Gasteiger charge is 2.20. The van der Waals surface area contributed by atoms with Crippen LogP contribution in [0.5, 0.6) is 0 Å². The summed E-state index contributed by atoms with van der Waals surface area (Å²) < 4.78 is 0. The van der Waals surface area contributed by atoms with Crippen molar-refractivity contribution in [2.75, 3.05) is 13.1 Å². The number of hydrogen-bond donors (Lipinski definition) is 2. The minimum absolute atomic E-state index is 0.0571. The van der Waals surface area contributed by atoms with Crippen molar-refractivity contribution in [2.45, 2.75) is 27.2 Å². The van der Waals surface area contributed by atoms with Crippen molar-refractivity contribution in [1.29, 1.82) is 5.26 Å². The van der Waals surface area contributed by atoms with Gasteiger partial charge in [-0.2, -0.15) is 5.26 Å². The Balaban J connectivity index is 4.03. The molecule has 0 aliphatic heterocycles. The second-order valence-electron chi connectivity index (χ2n) is 4.05. The Kier molecular flexibility index (Phi) is 5.18. The predicted molar refractivity (Wildman–Crippen MR) is 55.2 cm³/mol. The van der Waals surface area contributed by atoms with Crippen LogP contribution in [0.15, 0.2) is 0 Å². The number of carbonyl (C=O) groups is 1. The van der Waals surface area contributed by atoms with Crippen molar-refractivity contribution in [3.05, 3.63) is 0 Å². The van der Waals surface area contributed by atoms with Gasteiger partial charge < -0.3 is 11.1 Å². The molecule has 0 aliphatic carbocycles. The van der Waals surface area contributed by atoms with E-state index < -0.39 is 5.41 Å². The van der Waals surface area contributed by atoms with Crippen LogP contribution in [0, 0.1) is 22.7 Å². The molecular weight excluding hydrogens is 178 g/mol. The quantitative estimate of drug-likeness (QED) is 0.678. The van der Waals surface area contributed by atoms with Crippen molar-refractivity contribution in [3.63, 3.8) is 0 Å². The molecule has 0 radical (unpaired) electrons. The van der Waals surface area contributed by atoms with Crippen LogP contribution in [-0.4, -0.2) is 19.0 Å². The van der Waals surface area contributed by atoms with Gasteiger partial charge in [-0.25, -0.2) is 0 Å². The number of nitrogens with two attached hydrogens (primary N) is 1. The van der Waals surface area contributed by atoms with E-state index in [0.29, 0.717) is 13.1 Å². The van der Waals surface area contributed by atoms with Crippen LogP contribution < -0.4 is 11.1 Å².